The van der Waals surface area contributed by atoms with Crippen molar-refractivity contribution in [3.05, 3.63) is 0 Å². The molecule has 2 amide bonds. The van der Waals surface area contributed by atoms with E-state index in [1.807, 2.05) is 6.92 Å². The molecule has 1 rings (SSSR count). The highest BCUT2D eigenvalue weighted by atomic mass is 16.3. The number of hydrogen-bond donors (Lipinski definition) is 3. The van der Waals surface area contributed by atoms with Crippen molar-refractivity contribution in [1.29, 1.82) is 0 Å². The van der Waals surface area contributed by atoms with Gasteiger partial charge in [-0.15, -0.1) is 0 Å². The summed E-state index contributed by atoms with van der Waals surface area (Å²) in [6.07, 6.45) is 1.87. The van der Waals surface area contributed by atoms with Crippen LogP contribution in [0.3, 0.4) is 0 Å². The van der Waals surface area contributed by atoms with E-state index < -0.39 is 0 Å². The standard InChI is InChI=1S/C16H33N3O2/c1-12-8-13(2)10-19(9-12)16(4,5)11-17-15(21)18-14(3)6-7-20/h12-14,20H,6-11H2,1-5H3,(H2,17,18,21)/t12?,13?,14-/m1/s1. The van der Waals surface area contributed by atoms with Crippen LogP contribution in [0.2, 0.25) is 0 Å². The number of carbonyl (C=O) groups excluding carboxylic acids is 1. The minimum absolute atomic E-state index is 0.00635. The van der Waals surface area contributed by atoms with Gasteiger partial charge in [-0.3, -0.25) is 4.90 Å². The lowest BCUT2D eigenvalue weighted by atomic mass is 9.88. The Balaban J connectivity index is 2.43. The van der Waals surface area contributed by atoms with Crippen LogP contribution in [0.15, 0.2) is 0 Å². The molecule has 1 heterocycles. The van der Waals surface area contributed by atoms with Crippen LogP contribution in [0.5, 0.6) is 0 Å². The Kier molecular flexibility index (Phi) is 6.94. The van der Waals surface area contributed by atoms with Crippen LogP contribution in [0.1, 0.15) is 47.5 Å². The van der Waals surface area contributed by atoms with Gasteiger partial charge in [-0.05, 0) is 45.4 Å². The molecular formula is C16H33N3O2. The quantitative estimate of drug-likeness (QED) is 0.701. The molecule has 3 N–H and O–H groups in total. The maximum absolute atomic E-state index is 11.9. The summed E-state index contributed by atoms with van der Waals surface area (Å²) < 4.78 is 0. The number of nitrogens with one attached hydrogen (secondary N) is 2. The molecule has 124 valence electrons. The van der Waals surface area contributed by atoms with E-state index in [0.29, 0.717) is 24.8 Å². The van der Waals surface area contributed by atoms with Crippen molar-refractivity contribution in [3.8, 4) is 0 Å². The fourth-order valence-electron chi connectivity index (χ4n) is 3.11. The minimum Gasteiger partial charge on any atom is -0.396 e. The molecule has 1 fully saturated rings. The Hall–Kier alpha value is -0.810. The second-order valence-corrected chi connectivity index (χ2v) is 7.40. The molecule has 5 nitrogen and oxygen atoms in total. The van der Waals surface area contributed by atoms with Gasteiger partial charge in [0.1, 0.15) is 0 Å². The predicted molar refractivity (Wildman–Crippen MR) is 86.3 cm³/mol. The van der Waals surface area contributed by atoms with Gasteiger partial charge in [0.2, 0.25) is 0 Å². The zero-order valence-electron chi connectivity index (χ0n) is 14.3. The van der Waals surface area contributed by atoms with Crippen LogP contribution >= 0.6 is 0 Å². The van der Waals surface area contributed by atoms with Crippen molar-refractivity contribution in [2.24, 2.45) is 11.8 Å². The number of amides is 2. The molecule has 21 heavy (non-hydrogen) atoms. The van der Waals surface area contributed by atoms with Crippen molar-refractivity contribution in [2.45, 2.75) is 59.0 Å². The Bertz CT molecular complexity index is 323. The van der Waals surface area contributed by atoms with Gasteiger partial charge in [-0.1, -0.05) is 13.8 Å². The smallest absolute Gasteiger partial charge is 0.315 e. The number of likely N-dealkylation sites (tertiary alicyclic amines) is 1. The Morgan fingerprint density at radius 2 is 1.90 bits per heavy atom. The fraction of sp³-hybridized carbons (Fsp3) is 0.938. The van der Waals surface area contributed by atoms with Crippen LogP contribution in [0.4, 0.5) is 4.79 Å². The van der Waals surface area contributed by atoms with Crippen molar-refractivity contribution in [1.82, 2.24) is 15.5 Å². The first kappa shape index (κ1) is 18.2. The second-order valence-electron chi connectivity index (χ2n) is 7.40. The van der Waals surface area contributed by atoms with E-state index in [1.54, 1.807) is 0 Å². The second kappa shape index (κ2) is 7.99. The van der Waals surface area contributed by atoms with E-state index in [1.165, 1.54) is 6.42 Å². The molecule has 0 spiro atoms. The minimum atomic E-state index is -0.151. The van der Waals surface area contributed by atoms with Crippen LogP contribution in [0, 0.1) is 11.8 Å². The third-order valence-corrected chi connectivity index (χ3v) is 4.35. The molecule has 0 aromatic carbocycles. The van der Waals surface area contributed by atoms with E-state index in [4.69, 9.17) is 5.11 Å². The number of urea groups is 1. The highest BCUT2D eigenvalue weighted by Gasteiger charge is 2.32. The van der Waals surface area contributed by atoms with Gasteiger partial charge in [0.05, 0.1) is 0 Å². The van der Waals surface area contributed by atoms with Crippen LogP contribution < -0.4 is 10.6 Å². The average molecular weight is 299 g/mol. The lowest BCUT2D eigenvalue weighted by Gasteiger charge is -2.45. The molecule has 0 radical (unpaired) electrons. The summed E-state index contributed by atoms with van der Waals surface area (Å²) in [4.78, 5) is 14.4. The molecule has 2 unspecified atom stereocenters. The van der Waals surface area contributed by atoms with Gasteiger partial charge in [-0.25, -0.2) is 4.79 Å². The van der Waals surface area contributed by atoms with Gasteiger partial charge < -0.3 is 15.7 Å². The summed E-state index contributed by atoms with van der Waals surface area (Å²) in [7, 11) is 0. The molecule has 0 aromatic heterocycles. The molecule has 0 bridgehead atoms. The Labute approximate surface area is 129 Å². The third kappa shape index (κ3) is 6.22. The Morgan fingerprint density at radius 1 is 1.33 bits per heavy atom. The van der Waals surface area contributed by atoms with E-state index in [0.717, 1.165) is 13.1 Å². The topological polar surface area (TPSA) is 64.6 Å². The number of nitrogens with zero attached hydrogens (tertiary/aromatic N) is 1. The first-order valence-electron chi connectivity index (χ1n) is 8.15. The number of rotatable bonds is 6. The summed E-state index contributed by atoms with van der Waals surface area (Å²) >= 11 is 0. The highest BCUT2D eigenvalue weighted by Crippen LogP contribution is 2.26. The maximum atomic E-state index is 11.9. The SMILES string of the molecule is CC1CC(C)CN(C(C)(C)CNC(=O)N[C@H](C)CCO)C1. The lowest BCUT2D eigenvalue weighted by molar-refractivity contribution is 0.0472. The zero-order chi connectivity index (χ0) is 16.0. The largest absolute Gasteiger partial charge is 0.396 e. The van der Waals surface area contributed by atoms with Crippen LogP contribution in [-0.2, 0) is 0 Å². The fourth-order valence-corrected chi connectivity index (χ4v) is 3.11. The molecule has 0 saturated carbocycles. The Morgan fingerprint density at radius 3 is 2.43 bits per heavy atom. The van der Waals surface area contributed by atoms with Gasteiger partial charge in [0.15, 0.2) is 0 Å². The summed E-state index contributed by atoms with van der Waals surface area (Å²) in [5, 5.41) is 14.7. The molecule has 0 aromatic rings. The van der Waals surface area contributed by atoms with E-state index in [2.05, 4.69) is 43.2 Å². The van der Waals surface area contributed by atoms with Gasteiger partial charge >= 0.3 is 6.03 Å². The molecule has 1 aliphatic heterocycles. The van der Waals surface area contributed by atoms with E-state index in [-0.39, 0.29) is 24.2 Å². The number of aliphatic hydroxyl groups excluding tert-OH is 1. The monoisotopic (exact) mass is 299 g/mol. The summed E-state index contributed by atoms with van der Waals surface area (Å²) in [5.74, 6) is 1.43. The normalized spacial score (nSPS) is 25.4. The van der Waals surface area contributed by atoms with Crippen LogP contribution in [-0.4, -0.2) is 53.9 Å². The van der Waals surface area contributed by atoms with Crippen molar-refractivity contribution >= 4 is 6.03 Å². The number of hydrogen-bond acceptors (Lipinski definition) is 3. The van der Waals surface area contributed by atoms with E-state index in [9.17, 15) is 4.79 Å². The summed E-state index contributed by atoms with van der Waals surface area (Å²) in [6.45, 7) is 13.8. The highest BCUT2D eigenvalue weighted by molar-refractivity contribution is 5.74. The number of piperidine rings is 1. The number of carbonyl (C=O) groups is 1. The molecular weight excluding hydrogens is 266 g/mol. The average Bonchev–Trinajstić information content (AvgIpc) is 2.35. The van der Waals surface area contributed by atoms with Gasteiger partial charge in [0, 0.05) is 37.8 Å². The predicted octanol–water partition coefficient (Wildman–Crippen LogP) is 1.81. The lowest BCUT2D eigenvalue weighted by Crippen LogP contribution is -2.57. The maximum Gasteiger partial charge on any atom is 0.315 e. The van der Waals surface area contributed by atoms with Crippen molar-refractivity contribution in [2.75, 3.05) is 26.2 Å². The van der Waals surface area contributed by atoms with E-state index >= 15 is 0 Å². The summed E-state index contributed by atoms with van der Waals surface area (Å²) in [6, 6.07) is -0.157. The molecule has 1 saturated heterocycles. The first-order chi connectivity index (χ1) is 9.74. The number of aliphatic hydroxyl groups is 1. The molecule has 1 aliphatic rings. The van der Waals surface area contributed by atoms with Gasteiger partial charge in [-0.2, -0.15) is 0 Å². The molecule has 3 atom stereocenters. The van der Waals surface area contributed by atoms with Crippen LogP contribution in [0.25, 0.3) is 0 Å². The van der Waals surface area contributed by atoms with Gasteiger partial charge in [0.25, 0.3) is 0 Å². The van der Waals surface area contributed by atoms with Crippen molar-refractivity contribution < 1.29 is 9.90 Å². The summed E-state index contributed by atoms with van der Waals surface area (Å²) in [5.41, 5.74) is -0.0412. The first-order valence-corrected chi connectivity index (χ1v) is 8.15. The molecule has 0 aliphatic carbocycles. The third-order valence-electron chi connectivity index (χ3n) is 4.35. The zero-order valence-corrected chi connectivity index (χ0v) is 14.3. The van der Waals surface area contributed by atoms with Crippen molar-refractivity contribution in [3.63, 3.8) is 0 Å². The molecule has 5 heteroatoms.